The monoisotopic (exact) mass is 333 g/mol. The number of hydrogen-bond acceptors (Lipinski definition) is 2. The predicted octanol–water partition coefficient (Wildman–Crippen LogP) is 0.640. The number of rotatable bonds is 0. The zero-order valence-corrected chi connectivity index (χ0v) is 9.13. The second kappa shape index (κ2) is 11.3. The van der Waals surface area contributed by atoms with E-state index >= 15 is 0 Å². The third-order valence-electron chi connectivity index (χ3n) is 0.539. The van der Waals surface area contributed by atoms with Gasteiger partial charge < -0.3 is 9.47 Å². The molecule has 8 heavy (non-hydrogen) atoms. The van der Waals surface area contributed by atoms with Crippen LogP contribution in [0.15, 0.2) is 0 Å². The quantitative estimate of drug-likeness (QED) is 0.606. The van der Waals surface area contributed by atoms with Crippen molar-refractivity contribution >= 4 is 17.9 Å². The first-order valence-electron chi connectivity index (χ1n) is 1.99. The fourth-order valence-corrected chi connectivity index (χ4v) is 0.295. The minimum atomic E-state index is 0. The van der Waals surface area contributed by atoms with Crippen LogP contribution in [0.3, 0.4) is 0 Å². The molecule has 1 aliphatic heterocycles. The first kappa shape index (κ1) is 12.1. The van der Waals surface area contributed by atoms with Crippen molar-refractivity contribution in [3.05, 3.63) is 0 Å². The Morgan fingerprint density at radius 2 is 1.38 bits per heavy atom. The van der Waals surface area contributed by atoms with E-state index in [1.165, 1.54) is 0 Å². The van der Waals surface area contributed by atoms with Crippen LogP contribution in [0.1, 0.15) is 0 Å². The van der Waals surface area contributed by atoms with Crippen LogP contribution in [0.4, 0.5) is 0 Å². The van der Waals surface area contributed by atoms with Gasteiger partial charge in [0.1, 0.15) is 6.79 Å². The van der Waals surface area contributed by atoms with Crippen LogP contribution in [0.25, 0.3) is 0 Å². The Labute approximate surface area is 67.7 Å². The average molecular weight is 332 g/mol. The molecule has 0 aromatic heterocycles. The summed E-state index contributed by atoms with van der Waals surface area (Å²) >= 11 is 0. The van der Waals surface area contributed by atoms with E-state index in [2.05, 4.69) is 17.9 Å². The molecule has 1 fully saturated rings. The zero-order chi connectivity index (χ0) is 5.54. The van der Waals surface area contributed by atoms with Crippen LogP contribution in [0.5, 0.6) is 0 Å². The Morgan fingerprint density at radius 1 is 1.00 bits per heavy atom. The van der Waals surface area contributed by atoms with E-state index < -0.39 is 0 Å². The van der Waals surface area contributed by atoms with Crippen molar-refractivity contribution < 1.29 is 29.6 Å². The maximum absolute atomic E-state index is 4.72. The topological polar surface area (TPSA) is 18.5 Å². The summed E-state index contributed by atoms with van der Waals surface area (Å²) in [6.07, 6.45) is 0. The number of hydrogen-bond donors (Lipinski definition) is 0. The molecule has 5 heteroatoms. The van der Waals surface area contributed by atoms with Crippen molar-refractivity contribution in [1.82, 2.24) is 0 Å². The van der Waals surface area contributed by atoms with Crippen LogP contribution in [-0.4, -0.2) is 20.0 Å². The minimum absolute atomic E-state index is 0. The van der Waals surface area contributed by atoms with Gasteiger partial charge in [-0.05, 0) is 0 Å². The van der Waals surface area contributed by atoms with Gasteiger partial charge >= 0.3 is 0 Å². The van der Waals surface area contributed by atoms with Gasteiger partial charge in [-0.2, -0.15) is 0 Å². The second-order valence-electron chi connectivity index (χ2n) is 0.934. The Bertz CT molecular complexity index is 26.9. The first-order chi connectivity index (χ1) is 3.50. The van der Waals surface area contributed by atoms with Crippen molar-refractivity contribution in [1.29, 1.82) is 0 Å². The largest absolute Gasteiger partial charge is 0.353 e. The molecule has 0 aromatic rings. The van der Waals surface area contributed by atoms with Crippen molar-refractivity contribution in [2.45, 2.75) is 0 Å². The molecular formula is C3H10IrO2P2. The fourth-order valence-electron chi connectivity index (χ4n) is 0.295. The maximum atomic E-state index is 4.72. The molecule has 1 aliphatic rings. The van der Waals surface area contributed by atoms with E-state index in [1.54, 1.807) is 0 Å². The summed E-state index contributed by atoms with van der Waals surface area (Å²) in [5.74, 6) is 0. The first-order valence-corrected chi connectivity index (χ1v) is 4.65. The van der Waals surface area contributed by atoms with Crippen molar-refractivity contribution in [3.8, 4) is 0 Å². The molecule has 2 unspecified atom stereocenters. The molecule has 1 heterocycles. The molecule has 2 nitrogen and oxygen atoms in total. The molecule has 2 atom stereocenters. The van der Waals surface area contributed by atoms with Gasteiger partial charge in [-0.1, -0.05) is 0 Å². The van der Waals surface area contributed by atoms with Crippen LogP contribution in [0, 0.1) is 0 Å². The molecule has 1 saturated heterocycles. The van der Waals surface area contributed by atoms with Crippen molar-refractivity contribution in [2.75, 3.05) is 20.0 Å². The minimum Gasteiger partial charge on any atom is -0.353 e. The maximum Gasteiger partial charge on any atom is 0.146 e. The fraction of sp³-hybridized carbons (Fsp3) is 1.00. The van der Waals surface area contributed by atoms with Gasteiger partial charge in [-0.25, -0.2) is 0 Å². The molecule has 53 valence electrons. The molecule has 0 spiro atoms. The van der Waals surface area contributed by atoms with E-state index in [4.69, 9.17) is 9.47 Å². The standard InChI is InChI=1S/C3H6O2.Ir.H4P2/c1-2-5-3-4-1;;1-2/h1-3H2;;1-2H2. The molecular weight excluding hydrogens is 322 g/mol. The van der Waals surface area contributed by atoms with E-state index in [9.17, 15) is 0 Å². The summed E-state index contributed by atoms with van der Waals surface area (Å²) in [6.45, 7) is 2.06. The molecule has 1 radical (unpaired) electrons. The summed E-state index contributed by atoms with van der Waals surface area (Å²) in [6, 6.07) is 0. The second-order valence-corrected chi connectivity index (χ2v) is 0.934. The van der Waals surface area contributed by atoms with Crippen molar-refractivity contribution in [2.24, 2.45) is 0 Å². The molecule has 0 aromatic carbocycles. The van der Waals surface area contributed by atoms with Crippen LogP contribution in [-0.2, 0) is 29.6 Å². The average Bonchev–Trinajstić information content (AvgIpc) is 2.23. The van der Waals surface area contributed by atoms with Gasteiger partial charge in [0, 0.05) is 20.1 Å². The zero-order valence-electron chi connectivity index (χ0n) is 4.43. The smallest absolute Gasteiger partial charge is 0.146 e. The number of ether oxygens (including phenoxy) is 2. The summed E-state index contributed by atoms with van der Waals surface area (Å²) in [4.78, 5) is 0. The normalized spacial score (nSPS) is 15.8. The Morgan fingerprint density at radius 3 is 1.50 bits per heavy atom. The summed E-state index contributed by atoms with van der Waals surface area (Å²) < 4.78 is 9.44. The van der Waals surface area contributed by atoms with Crippen LogP contribution < -0.4 is 0 Å². The Kier molecular flexibility index (Phi) is 17.1. The Balaban J connectivity index is 0. The van der Waals surface area contributed by atoms with E-state index in [1.807, 2.05) is 0 Å². The van der Waals surface area contributed by atoms with Crippen LogP contribution >= 0.6 is 17.9 Å². The van der Waals surface area contributed by atoms with Crippen LogP contribution in [0.2, 0.25) is 0 Å². The van der Waals surface area contributed by atoms with Gasteiger partial charge in [0.05, 0.1) is 13.2 Å². The summed E-state index contributed by atoms with van der Waals surface area (Å²) in [7, 11) is 4.67. The van der Waals surface area contributed by atoms with Gasteiger partial charge in [-0.3, -0.25) is 0 Å². The van der Waals surface area contributed by atoms with Gasteiger partial charge in [0.25, 0.3) is 0 Å². The molecule has 1 rings (SSSR count). The molecule has 0 amide bonds. The summed E-state index contributed by atoms with van der Waals surface area (Å²) in [5, 5.41) is 0. The molecule has 0 aliphatic carbocycles. The van der Waals surface area contributed by atoms with Gasteiger partial charge in [-0.15, -0.1) is 17.9 Å². The Hall–Kier alpha value is 1.43. The van der Waals surface area contributed by atoms with E-state index in [0.29, 0.717) is 6.79 Å². The molecule has 0 N–H and O–H groups in total. The van der Waals surface area contributed by atoms with E-state index in [-0.39, 0.29) is 20.1 Å². The molecule has 0 saturated carbocycles. The van der Waals surface area contributed by atoms with Gasteiger partial charge in [0.15, 0.2) is 0 Å². The van der Waals surface area contributed by atoms with Gasteiger partial charge in [0.2, 0.25) is 0 Å². The summed E-state index contributed by atoms with van der Waals surface area (Å²) in [5.41, 5.74) is 0. The molecule has 0 bridgehead atoms. The third kappa shape index (κ3) is 7.43. The van der Waals surface area contributed by atoms with E-state index in [0.717, 1.165) is 13.2 Å². The van der Waals surface area contributed by atoms with Crippen molar-refractivity contribution in [3.63, 3.8) is 0 Å². The SMILES string of the molecule is C1COCO1.PP.[Ir]. The predicted molar refractivity (Wildman–Crippen MR) is 36.2 cm³/mol. The third-order valence-corrected chi connectivity index (χ3v) is 0.539.